The summed E-state index contributed by atoms with van der Waals surface area (Å²) in [6.07, 6.45) is -2.34. The lowest BCUT2D eigenvalue weighted by atomic mass is 9.76. The molecule has 1 atom stereocenters. The summed E-state index contributed by atoms with van der Waals surface area (Å²) >= 11 is 0. The van der Waals surface area contributed by atoms with Crippen molar-refractivity contribution < 1.29 is 31.1 Å². The molecule has 5 rings (SSSR count). The first-order valence-corrected chi connectivity index (χ1v) is 15.4. The molecule has 2 heterocycles. The van der Waals surface area contributed by atoms with Crippen LogP contribution in [0.25, 0.3) is 0 Å². The van der Waals surface area contributed by atoms with E-state index in [1.807, 2.05) is 19.1 Å². The number of aryl methyl sites for hydroxylation is 1. The fourth-order valence-corrected chi connectivity index (χ4v) is 7.15. The Balaban J connectivity index is 1.27. The van der Waals surface area contributed by atoms with Crippen molar-refractivity contribution in [2.24, 2.45) is 0 Å². The Hall–Kier alpha value is -2.59. The van der Waals surface area contributed by atoms with Crippen LogP contribution in [0.1, 0.15) is 72.8 Å². The van der Waals surface area contributed by atoms with Gasteiger partial charge < -0.3 is 9.80 Å². The minimum atomic E-state index is -4.95. The molecule has 3 fully saturated rings. The first-order chi connectivity index (χ1) is 20.3. The Kier molecular flexibility index (Phi) is 9.47. The van der Waals surface area contributed by atoms with Crippen molar-refractivity contribution in [2.75, 3.05) is 45.8 Å². The highest BCUT2D eigenvalue weighted by Gasteiger charge is 2.42. The third-order valence-electron chi connectivity index (χ3n) is 9.78. The number of carbonyl (C=O) groups excluding carboxylic acids is 1. The Morgan fingerprint density at radius 1 is 0.837 bits per heavy atom. The van der Waals surface area contributed by atoms with E-state index in [1.54, 1.807) is 4.90 Å². The Labute approximate surface area is 250 Å². The predicted octanol–water partition coefficient (Wildman–Crippen LogP) is 7.09. The number of carbonyl (C=O) groups is 1. The molecule has 236 valence electrons. The van der Waals surface area contributed by atoms with Gasteiger partial charge in [0.15, 0.2) is 0 Å². The zero-order chi connectivity index (χ0) is 30.8. The van der Waals surface area contributed by atoms with Crippen LogP contribution in [0.2, 0.25) is 0 Å². The number of rotatable bonds is 7. The molecule has 2 aromatic carbocycles. The van der Waals surface area contributed by atoms with Crippen LogP contribution in [0.4, 0.5) is 26.3 Å². The van der Waals surface area contributed by atoms with Gasteiger partial charge in [-0.15, -0.1) is 0 Å². The number of likely N-dealkylation sites (tertiary alicyclic amines) is 1. The second-order valence-corrected chi connectivity index (χ2v) is 12.7. The standard InChI is InChI=1S/C33H41F6N3O/c1-24-7-9-26(10-8-24)31(11-13-40-15-17-41(18-16-40)29-5-3-2-4-6-29)12-14-42(23-31)30(43)21-25-19-27(32(34,35)36)22-28(20-25)33(37,38)39/h7-10,19-20,22,29H,2-6,11-18,21,23H2,1H3. The van der Waals surface area contributed by atoms with Crippen molar-refractivity contribution in [3.8, 4) is 0 Å². The number of hydrogen-bond acceptors (Lipinski definition) is 3. The summed E-state index contributed by atoms with van der Waals surface area (Å²) in [4.78, 5) is 20.1. The molecule has 0 bridgehead atoms. The van der Waals surface area contributed by atoms with Crippen molar-refractivity contribution in [1.82, 2.24) is 14.7 Å². The van der Waals surface area contributed by atoms with Crippen LogP contribution in [0.15, 0.2) is 42.5 Å². The van der Waals surface area contributed by atoms with Crippen LogP contribution >= 0.6 is 0 Å². The predicted molar refractivity (Wildman–Crippen MR) is 154 cm³/mol. The summed E-state index contributed by atoms with van der Waals surface area (Å²) in [5, 5.41) is 0. The molecular weight excluding hydrogens is 568 g/mol. The van der Waals surface area contributed by atoms with Gasteiger partial charge in [-0.25, -0.2) is 0 Å². The van der Waals surface area contributed by atoms with Crippen LogP contribution in [0, 0.1) is 6.92 Å². The molecule has 1 unspecified atom stereocenters. The lowest BCUT2D eigenvalue weighted by molar-refractivity contribution is -0.143. The highest BCUT2D eigenvalue weighted by molar-refractivity contribution is 5.79. The Bertz CT molecular complexity index is 1210. The lowest BCUT2D eigenvalue weighted by Crippen LogP contribution is -2.51. The molecule has 3 aliphatic rings. The molecule has 4 nitrogen and oxygen atoms in total. The van der Waals surface area contributed by atoms with E-state index in [-0.39, 0.29) is 17.0 Å². The molecule has 1 amide bonds. The molecule has 2 aliphatic heterocycles. The fourth-order valence-electron chi connectivity index (χ4n) is 7.15. The Morgan fingerprint density at radius 3 is 2.02 bits per heavy atom. The zero-order valence-electron chi connectivity index (χ0n) is 24.7. The third kappa shape index (κ3) is 7.74. The number of amides is 1. The Morgan fingerprint density at radius 2 is 1.44 bits per heavy atom. The molecule has 1 aliphatic carbocycles. The fraction of sp³-hybridized carbons (Fsp3) is 0.606. The van der Waals surface area contributed by atoms with E-state index >= 15 is 0 Å². The summed E-state index contributed by atoms with van der Waals surface area (Å²) in [5.41, 5.74) is -1.17. The van der Waals surface area contributed by atoms with Crippen LogP contribution in [0.3, 0.4) is 0 Å². The molecule has 0 N–H and O–H groups in total. The van der Waals surface area contributed by atoms with Gasteiger partial charge >= 0.3 is 12.4 Å². The van der Waals surface area contributed by atoms with E-state index in [4.69, 9.17) is 0 Å². The third-order valence-corrected chi connectivity index (χ3v) is 9.78. The smallest absolute Gasteiger partial charge is 0.341 e. The van der Waals surface area contributed by atoms with Crippen molar-refractivity contribution in [1.29, 1.82) is 0 Å². The average Bonchev–Trinajstić information content (AvgIpc) is 3.42. The zero-order valence-corrected chi connectivity index (χ0v) is 24.7. The van der Waals surface area contributed by atoms with Gasteiger partial charge in [0.05, 0.1) is 17.5 Å². The molecule has 2 saturated heterocycles. The van der Waals surface area contributed by atoms with Gasteiger partial charge in [0.2, 0.25) is 5.91 Å². The quantitative estimate of drug-likeness (QED) is 0.314. The molecule has 0 aromatic heterocycles. The maximum Gasteiger partial charge on any atom is 0.416 e. The second-order valence-electron chi connectivity index (χ2n) is 12.7. The van der Waals surface area contributed by atoms with Gasteiger partial charge in [0.25, 0.3) is 0 Å². The summed E-state index contributed by atoms with van der Waals surface area (Å²) in [6, 6.07) is 10.4. The van der Waals surface area contributed by atoms with Crippen LogP contribution in [-0.4, -0.2) is 72.5 Å². The van der Waals surface area contributed by atoms with Crippen molar-refractivity contribution >= 4 is 5.91 Å². The highest BCUT2D eigenvalue weighted by Crippen LogP contribution is 2.40. The number of halogens is 6. The molecule has 43 heavy (non-hydrogen) atoms. The largest absolute Gasteiger partial charge is 0.416 e. The molecule has 0 spiro atoms. The van der Waals surface area contributed by atoms with Crippen LogP contribution < -0.4 is 0 Å². The van der Waals surface area contributed by atoms with Gasteiger partial charge in [-0.05, 0) is 68.5 Å². The number of alkyl halides is 6. The number of benzene rings is 2. The summed E-state index contributed by atoms with van der Waals surface area (Å²) in [7, 11) is 0. The average molecular weight is 610 g/mol. The first-order valence-electron chi connectivity index (χ1n) is 15.4. The van der Waals surface area contributed by atoms with E-state index in [0.717, 1.165) is 50.3 Å². The number of nitrogens with zero attached hydrogens (tertiary/aromatic N) is 3. The van der Waals surface area contributed by atoms with E-state index in [2.05, 4.69) is 21.9 Å². The van der Waals surface area contributed by atoms with Gasteiger partial charge in [-0.1, -0.05) is 49.1 Å². The van der Waals surface area contributed by atoms with Gasteiger partial charge in [-0.2, -0.15) is 26.3 Å². The minimum Gasteiger partial charge on any atom is -0.341 e. The minimum absolute atomic E-state index is 0.0984. The van der Waals surface area contributed by atoms with E-state index in [0.29, 0.717) is 37.7 Å². The maximum atomic E-state index is 13.4. The summed E-state index contributed by atoms with van der Waals surface area (Å²) < 4.78 is 80.3. The monoisotopic (exact) mass is 609 g/mol. The van der Waals surface area contributed by atoms with Gasteiger partial charge in [0, 0.05) is 50.7 Å². The SMILES string of the molecule is Cc1ccc(C2(CCN3CCN(C4CCCCC4)CC3)CCN(C(=O)Cc3cc(C(F)(F)F)cc(C(F)(F)F)c3)C2)cc1. The van der Waals surface area contributed by atoms with E-state index < -0.39 is 35.8 Å². The lowest BCUT2D eigenvalue weighted by Gasteiger charge is -2.41. The van der Waals surface area contributed by atoms with Gasteiger partial charge in [0.1, 0.15) is 0 Å². The van der Waals surface area contributed by atoms with Crippen LogP contribution in [-0.2, 0) is 29.0 Å². The highest BCUT2D eigenvalue weighted by atomic mass is 19.4. The van der Waals surface area contributed by atoms with Crippen molar-refractivity contribution in [2.45, 2.75) is 82.1 Å². The van der Waals surface area contributed by atoms with Crippen molar-refractivity contribution in [3.63, 3.8) is 0 Å². The maximum absolute atomic E-state index is 13.4. The molecule has 2 aromatic rings. The van der Waals surface area contributed by atoms with E-state index in [9.17, 15) is 31.1 Å². The second kappa shape index (κ2) is 12.8. The van der Waals surface area contributed by atoms with Gasteiger partial charge in [-0.3, -0.25) is 9.69 Å². The summed E-state index contributed by atoms with van der Waals surface area (Å²) in [5.74, 6) is -0.456. The molecule has 1 saturated carbocycles. The van der Waals surface area contributed by atoms with E-state index in [1.165, 1.54) is 32.1 Å². The van der Waals surface area contributed by atoms with Crippen LogP contribution in [0.5, 0.6) is 0 Å². The summed E-state index contributed by atoms with van der Waals surface area (Å²) in [6.45, 7) is 7.80. The van der Waals surface area contributed by atoms with Crippen molar-refractivity contribution in [3.05, 3.63) is 70.3 Å². The molecule has 0 radical (unpaired) electrons. The first kappa shape index (κ1) is 31.8. The topological polar surface area (TPSA) is 26.8 Å². The normalized spacial score (nSPS) is 23.2. The number of piperazine rings is 1. The number of hydrogen-bond donors (Lipinski definition) is 0. The molecular formula is C33H41F6N3O. The molecule has 10 heteroatoms.